The van der Waals surface area contributed by atoms with Crippen molar-refractivity contribution < 1.29 is 13.6 Å². The third-order valence-electron chi connectivity index (χ3n) is 4.22. The van der Waals surface area contributed by atoms with E-state index in [-0.39, 0.29) is 18.9 Å². The Morgan fingerprint density at radius 1 is 1.29 bits per heavy atom. The highest BCUT2D eigenvalue weighted by molar-refractivity contribution is 5.85. The molecule has 0 atom stereocenters. The highest BCUT2D eigenvalue weighted by Crippen LogP contribution is 2.18. The largest absolute Gasteiger partial charge is 0.377 e. The SMILES string of the molecule is CC(C)c1ccc(CC(=O)NCc2cc(C=N)c(NCC(C)(F)F)cn2)cc1. The second-order valence-corrected chi connectivity index (χ2v) is 7.18. The van der Waals surface area contributed by atoms with E-state index in [1.165, 1.54) is 11.8 Å². The van der Waals surface area contributed by atoms with Crippen molar-refractivity contribution in [2.24, 2.45) is 0 Å². The monoisotopic (exact) mass is 388 g/mol. The molecule has 0 spiro atoms. The molecule has 0 saturated heterocycles. The minimum atomic E-state index is -2.86. The Kier molecular flexibility index (Phi) is 7.20. The summed E-state index contributed by atoms with van der Waals surface area (Å²) in [6.07, 6.45) is 2.73. The molecule has 7 heteroatoms. The average Bonchev–Trinajstić information content (AvgIpc) is 2.64. The molecule has 1 aromatic heterocycles. The maximum atomic E-state index is 13.0. The van der Waals surface area contributed by atoms with Crippen molar-refractivity contribution in [2.75, 3.05) is 11.9 Å². The first-order valence-corrected chi connectivity index (χ1v) is 9.14. The lowest BCUT2D eigenvalue weighted by Gasteiger charge is -2.14. The minimum absolute atomic E-state index is 0.136. The number of amides is 1. The van der Waals surface area contributed by atoms with E-state index in [1.54, 1.807) is 6.07 Å². The van der Waals surface area contributed by atoms with Crippen LogP contribution in [0.15, 0.2) is 36.5 Å². The number of hydrogen-bond donors (Lipinski definition) is 3. The van der Waals surface area contributed by atoms with Crippen molar-refractivity contribution in [2.45, 2.75) is 45.6 Å². The van der Waals surface area contributed by atoms with Crippen LogP contribution < -0.4 is 10.6 Å². The number of nitrogens with zero attached hydrogens (tertiary/aromatic N) is 1. The van der Waals surface area contributed by atoms with E-state index in [4.69, 9.17) is 5.41 Å². The molecule has 0 unspecified atom stereocenters. The molecular formula is C21H26F2N4O. The molecule has 1 aromatic carbocycles. The molecule has 5 nitrogen and oxygen atoms in total. The number of hydrogen-bond acceptors (Lipinski definition) is 4. The van der Waals surface area contributed by atoms with Gasteiger partial charge in [0.05, 0.1) is 37.1 Å². The summed E-state index contributed by atoms with van der Waals surface area (Å²) in [5, 5.41) is 12.8. The smallest absolute Gasteiger partial charge is 0.262 e. The summed E-state index contributed by atoms with van der Waals surface area (Å²) in [5.74, 6) is -2.56. The van der Waals surface area contributed by atoms with Gasteiger partial charge < -0.3 is 16.0 Å². The quantitative estimate of drug-likeness (QED) is 0.565. The van der Waals surface area contributed by atoms with Gasteiger partial charge in [-0.25, -0.2) is 8.78 Å². The number of halogens is 2. The molecule has 0 radical (unpaired) electrons. The molecule has 150 valence electrons. The van der Waals surface area contributed by atoms with Crippen molar-refractivity contribution >= 4 is 17.8 Å². The predicted molar refractivity (Wildman–Crippen MR) is 107 cm³/mol. The van der Waals surface area contributed by atoms with Crippen LogP contribution in [0.4, 0.5) is 14.5 Å². The Hall–Kier alpha value is -2.83. The summed E-state index contributed by atoms with van der Waals surface area (Å²) >= 11 is 0. The van der Waals surface area contributed by atoms with Crippen molar-refractivity contribution in [1.82, 2.24) is 10.3 Å². The predicted octanol–water partition coefficient (Wildman–Crippen LogP) is 4.13. The first-order chi connectivity index (χ1) is 13.2. The lowest BCUT2D eigenvalue weighted by molar-refractivity contribution is -0.120. The summed E-state index contributed by atoms with van der Waals surface area (Å²) in [5.41, 5.74) is 3.50. The van der Waals surface area contributed by atoms with Crippen molar-refractivity contribution in [3.63, 3.8) is 0 Å². The zero-order valence-corrected chi connectivity index (χ0v) is 16.4. The Labute approximate surface area is 164 Å². The van der Waals surface area contributed by atoms with Gasteiger partial charge in [-0.05, 0) is 23.1 Å². The van der Waals surface area contributed by atoms with E-state index >= 15 is 0 Å². The topological polar surface area (TPSA) is 77.9 Å². The first kappa shape index (κ1) is 21.5. The minimum Gasteiger partial charge on any atom is -0.377 e. The maximum Gasteiger partial charge on any atom is 0.262 e. The van der Waals surface area contributed by atoms with Crippen molar-refractivity contribution in [1.29, 1.82) is 5.41 Å². The van der Waals surface area contributed by atoms with Gasteiger partial charge in [-0.3, -0.25) is 9.78 Å². The van der Waals surface area contributed by atoms with Crippen LogP contribution in [0.1, 0.15) is 49.1 Å². The van der Waals surface area contributed by atoms with Gasteiger partial charge in [-0.1, -0.05) is 38.1 Å². The number of rotatable bonds is 9. The van der Waals surface area contributed by atoms with Crippen molar-refractivity contribution in [3.8, 4) is 0 Å². The lowest BCUT2D eigenvalue weighted by atomic mass is 10.0. The molecule has 28 heavy (non-hydrogen) atoms. The summed E-state index contributed by atoms with van der Waals surface area (Å²) in [7, 11) is 0. The van der Waals surface area contributed by atoms with Crippen LogP contribution in [0.25, 0.3) is 0 Å². The van der Waals surface area contributed by atoms with Crippen LogP contribution in [-0.4, -0.2) is 29.6 Å². The number of anilines is 1. The maximum absolute atomic E-state index is 13.0. The van der Waals surface area contributed by atoms with Gasteiger partial charge in [0.1, 0.15) is 0 Å². The molecule has 0 aliphatic rings. The number of benzene rings is 1. The summed E-state index contributed by atoms with van der Waals surface area (Å²) in [4.78, 5) is 16.3. The van der Waals surface area contributed by atoms with E-state index in [0.29, 0.717) is 22.9 Å². The summed E-state index contributed by atoms with van der Waals surface area (Å²) in [6.45, 7) is 4.71. The molecule has 2 rings (SSSR count). The molecule has 2 aromatic rings. The normalized spacial score (nSPS) is 11.4. The van der Waals surface area contributed by atoms with Gasteiger partial charge in [0.15, 0.2) is 0 Å². The fourth-order valence-electron chi connectivity index (χ4n) is 2.59. The Morgan fingerprint density at radius 2 is 1.96 bits per heavy atom. The number of carbonyl (C=O) groups excluding carboxylic acids is 1. The molecule has 3 N–H and O–H groups in total. The van der Waals surface area contributed by atoms with Gasteiger partial charge in [0, 0.05) is 18.7 Å². The fraction of sp³-hybridized carbons (Fsp3) is 0.381. The highest BCUT2D eigenvalue weighted by Gasteiger charge is 2.21. The molecule has 1 amide bonds. The molecular weight excluding hydrogens is 362 g/mol. The van der Waals surface area contributed by atoms with E-state index in [1.807, 2.05) is 24.3 Å². The van der Waals surface area contributed by atoms with E-state index < -0.39 is 12.5 Å². The summed E-state index contributed by atoms with van der Waals surface area (Å²) in [6, 6.07) is 9.54. The summed E-state index contributed by atoms with van der Waals surface area (Å²) < 4.78 is 26.0. The molecule has 0 aliphatic heterocycles. The zero-order valence-electron chi connectivity index (χ0n) is 16.4. The van der Waals surface area contributed by atoms with Gasteiger partial charge in [-0.15, -0.1) is 0 Å². The van der Waals surface area contributed by atoms with Crippen LogP contribution in [-0.2, 0) is 17.8 Å². The molecule has 0 saturated carbocycles. The Balaban J connectivity index is 1.92. The Bertz CT molecular complexity index is 814. The van der Waals surface area contributed by atoms with Crippen LogP contribution in [0.2, 0.25) is 0 Å². The van der Waals surface area contributed by atoms with Crippen LogP contribution >= 0.6 is 0 Å². The average molecular weight is 388 g/mol. The standard InChI is InChI=1S/C21H26F2N4O/c1-14(2)16-6-4-15(5-7-16)8-20(28)26-11-18-9-17(10-24)19(12-25-18)27-13-21(3,22)23/h4-7,9-10,12,14,24,27H,8,11,13H2,1-3H3,(H,26,28). The second-order valence-electron chi connectivity index (χ2n) is 7.18. The van der Waals surface area contributed by atoms with E-state index in [2.05, 4.69) is 29.5 Å². The fourth-order valence-corrected chi connectivity index (χ4v) is 2.59. The number of aromatic nitrogens is 1. The van der Waals surface area contributed by atoms with Crippen molar-refractivity contribution in [3.05, 3.63) is 58.9 Å². The lowest BCUT2D eigenvalue weighted by Crippen LogP contribution is -2.25. The van der Waals surface area contributed by atoms with Gasteiger partial charge in [0.25, 0.3) is 5.92 Å². The Morgan fingerprint density at radius 3 is 2.54 bits per heavy atom. The van der Waals surface area contributed by atoms with E-state index in [0.717, 1.165) is 18.7 Å². The number of alkyl halides is 2. The number of carbonyl (C=O) groups is 1. The number of pyridine rings is 1. The molecule has 1 heterocycles. The van der Waals surface area contributed by atoms with Gasteiger partial charge in [0.2, 0.25) is 5.91 Å². The first-order valence-electron chi connectivity index (χ1n) is 9.14. The third-order valence-corrected chi connectivity index (χ3v) is 4.22. The molecule has 0 fully saturated rings. The molecule has 0 aliphatic carbocycles. The van der Waals surface area contributed by atoms with Crippen LogP contribution in [0.5, 0.6) is 0 Å². The third kappa shape index (κ3) is 6.72. The second kappa shape index (κ2) is 9.39. The molecule has 0 bridgehead atoms. The highest BCUT2D eigenvalue weighted by atomic mass is 19.3. The van der Waals surface area contributed by atoms with E-state index in [9.17, 15) is 13.6 Å². The van der Waals surface area contributed by atoms with Crippen LogP contribution in [0, 0.1) is 5.41 Å². The van der Waals surface area contributed by atoms with Gasteiger partial charge >= 0.3 is 0 Å². The van der Waals surface area contributed by atoms with Gasteiger partial charge in [-0.2, -0.15) is 0 Å². The number of nitrogens with one attached hydrogen (secondary N) is 3. The van der Waals surface area contributed by atoms with Crippen LogP contribution in [0.3, 0.4) is 0 Å². The zero-order chi connectivity index (χ0) is 20.7.